The lowest BCUT2D eigenvalue weighted by Crippen LogP contribution is -2.46. The molecule has 0 saturated carbocycles. The minimum absolute atomic E-state index is 0.0708. The first-order valence-electron chi connectivity index (χ1n) is 9.03. The van der Waals surface area contributed by atoms with E-state index < -0.39 is 43.0 Å². The van der Waals surface area contributed by atoms with Crippen molar-refractivity contribution in [3.63, 3.8) is 0 Å². The van der Waals surface area contributed by atoms with Gasteiger partial charge in [0, 0.05) is 12.2 Å². The second-order valence-electron chi connectivity index (χ2n) is 7.01. The van der Waals surface area contributed by atoms with Crippen molar-refractivity contribution in [1.29, 1.82) is 0 Å². The van der Waals surface area contributed by atoms with Crippen LogP contribution >= 0.6 is 0 Å². The highest BCUT2D eigenvalue weighted by Gasteiger charge is 2.59. The average molecular weight is 475 g/mol. The van der Waals surface area contributed by atoms with Gasteiger partial charge in [0.25, 0.3) is 6.10 Å². The summed E-state index contributed by atoms with van der Waals surface area (Å²) in [7, 11) is 0. The molecule has 2 aromatic carbocycles. The summed E-state index contributed by atoms with van der Waals surface area (Å²) in [6, 6.07) is 10.4. The molecular formula is C20H18F9NO2. The van der Waals surface area contributed by atoms with Gasteiger partial charge in [0.05, 0.1) is 6.54 Å². The zero-order valence-electron chi connectivity index (χ0n) is 16.4. The van der Waals surface area contributed by atoms with E-state index in [0.29, 0.717) is 5.56 Å². The molecule has 0 aliphatic rings. The SMILES string of the molecule is Cc1cccc(N(Cc2cccc(OC(C(F)(F)F)C(F)(F)F)c2)CC(O)C(F)(F)F)c1. The number of nitrogens with zero attached hydrogens (tertiary/aromatic N) is 1. The highest BCUT2D eigenvalue weighted by atomic mass is 19.4. The van der Waals surface area contributed by atoms with Gasteiger partial charge in [0.15, 0.2) is 6.10 Å². The fourth-order valence-electron chi connectivity index (χ4n) is 2.79. The number of halogens is 9. The molecule has 0 bridgehead atoms. The van der Waals surface area contributed by atoms with Crippen LogP contribution in [0.4, 0.5) is 45.2 Å². The van der Waals surface area contributed by atoms with Crippen molar-refractivity contribution in [3.05, 3.63) is 59.7 Å². The van der Waals surface area contributed by atoms with E-state index in [2.05, 4.69) is 4.74 Å². The Kier molecular flexibility index (Phi) is 7.59. The van der Waals surface area contributed by atoms with Gasteiger partial charge in [-0.25, -0.2) is 0 Å². The van der Waals surface area contributed by atoms with Crippen molar-refractivity contribution in [2.45, 2.75) is 44.2 Å². The van der Waals surface area contributed by atoms with E-state index >= 15 is 0 Å². The van der Waals surface area contributed by atoms with Gasteiger partial charge in [-0.15, -0.1) is 0 Å². The molecule has 1 N–H and O–H groups in total. The summed E-state index contributed by atoms with van der Waals surface area (Å²) in [4.78, 5) is 1.11. The summed E-state index contributed by atoms with van der Waals surface area (Å²) in [6.45, 7) is 0.410. The zero-order valence-corrected chi connectivity index (χ0v) is 16.4. The lowest BCUT2D eigenvalue weighted by atomic mass is 10.1. The molecule has 0 radical (unpaired) electrons. The number of aliphatic hydroxyl groups is 1. The quantitative estimate of drug-likeness (QED) is 0.514. The second kappa shape index (κ2) is 9.47. The first kappa shape index (κ1) is 25.6. The summed E-state index contributed by atoms with van der Waals surface area (Å²) < 4.78 is 119. The lowest BCUT2D eigenvalue weighted by molar-refractivity contribution is -0.299. The third-order valence-corrected chi connectivity index (χ3v) is 4.26. The maximum atomic E-state index is 12.9. The summed E-state index contributed by atoms with van der Waals surface area (Å²) in [5, 5.41) is 9.48. The first-order chi connectivity index (χ1) is 14.6. The van der Waals surface area contributed by atoms with E-state index in [9.17, 15) is 44.6 Å². The fraction of sp³-hybridized carbons (Fsp3) is 0.400. The third-order valence-electron chi connectivity index (χ3n) is 4.26. The molecule has 0 amide bonds. The third kappa shape index (κ3) is 7.21. The molecule has 1 unspecified atom stereocenters. The standard InChI is InChI=1S/C20H18F9NO2/c1-12-4-2-6-14(8-12)30(11-16(31)18(21,22)23)10-13-5-3-7-15(9-13)32-17(19(24,25)26)20(27,28)29/h2-9,16-17,31H,10-11H2,1H3. The van der Waals surface area contributed by atoms with E-state index in [0.717, 1.165) is 23.1 Å². The Morgan fingerprint density at radius 1 is 0.844 bits per heavy atom. The molecule has 0 spiro atoms. The maximum absolute atomic E-state index is 12.9. The minimum atomic E-state index is -5.72. The Balaban J connectivity index is 2.32. The molecule has 3 nitrogen and oxygen atoms in total. The van der Waals surface area contributed by atoms with E-state index in [1.807, 2.05) is 0 Å². The van der Waals surface area contributed by atoms with Gasteiger partial charge in [0.2, 0.25) is 0 Å². The minimum Gasteiger partial charge on any atom is -0.471 e. The summed E-state index contributed by atoms with van der Waals surface area (Å²) in [6.07, 6.45) is -23.2. The van der Waals surface area contributed by atoms with Crippen LogP contribution in [0.2, 0.25) is 0 Å². The Morgan fingerprint density at radius 3 is 1.97 bits per heavy atom. The van der Waals surface area contributed by atoms with Crippen molar-refractivity contribution >= 4 is 5.69 Å². The molecule has 0 aromatic heterocycles. The van der Waals surface area contributed by atoms with E-state index in [1.165, 1.54) is 18.2 Å². The molecule has 0 fully saturated rings. The molecule has 178 valence electrons. The first-order valence-corrected chi connectivity index (χ1v) is 9.03. The number of aliphatic hydroxyl groups excluding tert-OH is 1. The van der Waals surface area contributed by atoms with Crippen LogP contribution in [0.1, 0.15) is 11.1 Å². The zero-order chi connectivity index (χ0) is 24.3. The number of ether oxygens (including phenoxy) is 1. The highest BCUT2D eigenvalue weighted by molar-refractivity contribution is 5.49. The number of benzene rings is 2. The number of alkyl halides is 9. The number of anilines is 1. The van der Waals surface area contributed by atoms with Gasteiger partial charge in [0.1, 0.15) is 5.75 Å². The Labute approximate surface area is 177 Å². The molecule has 1 atom stereocenters. The molecule has 2 rings (SSSR count). The summed E-state index contributed by atoms with van der Waals surface area (Å²) in [5.41, 5.74) is 1.02. The molecule has 0 heterocycles. The van der Waals surface area contributed by atoms with Gasteiger partial charge in [-0.05, 0) is 42.3 Å². The van der Waals surface area contributed by atoms with Gasteiger partial charge in [-0.1, -0.05) is 24.3 Å². The largest absolute Gasteiger partial charge is 0.471 e. The topological polar surface area (TPSA) is 32.7 Å². The second-order valence-corrected chi connectivity index (χ2v) is 7.01. The number of aryl methyl sites for hydroxylation is 1. The fourth-order valence-corrected chi connectivity index (χ4v) is 2.79. The van der Waals surface area contributed by atoms with Crippen LogP contribution in [-0.4, -0.2) is 42.4 Å². The summed E-state index contributed by atoms with van der Waals surface area (Å²) in [5.74, 6) is -0.761. The van der Waals surface area contributed by atoms with Crippen LogP contribution in [0.15, 0.2) is 48.5 Å². The molecule has 0 aliphatic carbocycles. The molecule has 12 heteroatoms. The normalized spacial score (nSPS) is 13.9. The summed E-state index contributed by atoms with van der Waals surface area (Å²) >= 11 is 0. The number of hydrogen-bond acceptors (Lipinski definition) is 3. The molecule has 2 aromatic rings. The van der Waals surface area contributed by atoms with Gasteiger partial charge < -0.3 is 14.7 Å². The predicted octanol–water partition coefficient (Wildman–Crippen LogP) is 5.80. The van der Waals surface area contributed by atoms with Crippen LogP contribution in [0.25, 0.3) is 0 Å². The van der Waals surface area contributed by atoms with Crippen LogP contribution in [0, 0.1) is 6.92 Å². The smallest absolute Gasteiger partial charge is 0.434 e. The van der Waals surface area contributed by atoms with Crippen LogP contribution in [0.3, 0.4) is 0 Å². The monoisotopic (exact) mass is 475 g/mol. The predicted molar refractivity (Wildman–Crippen MR) is 97.3 cm³/mol. The highest BCUT2D eigenvalue weighted by Crippen LogP contribution is 2.36. The Bertz CT molecular complexity index is 880. The van der Waals surface area contributed by atoms with Crippen molar-refractivity contribution < 1.29 is 49.4 Å². The molecule has 0 aliphatic heterocycles. The maximum Gasteiger partial charge on any atom is 0.434 e. The molecule has 0 saturated heterocycles. The number of hydrogen-bond donors (Lipinski definition) is 1. The lowest BCUT2D eigenvalue weighted by Gasteiger charge is -2.29. The van der Waals surface area contributed by atoms with E-state index in [-0.39, 0.29) is 17.8 Å². The Morgan fingerprint density at radius 2 is 1.44 bits per heavy atom. The van der Waals surface area contributed by atoms with Crippen LogP contribution in [-0.2, 0) is 6.54 Å². The Hall–Kier alpha value is -2.63. The molecule has 32 heavy (non-hydrogen) atoms. The van der Waals surface area contributed by atoms with E-state index in [1.54, 1.807) is 19.1 Å². The average Bonchev–Trinajstić information content (AvgIpc) is 2.63. The van der Waals surface area contributed by atoms with Crippen molar-refractivity contribution in [1.82, 2.24) is 0 Å². The molecular weight excluding hydrogens is 457 g/mol. The van der Waals surface area contributed by atoms with Crippen molar-refractivity contribution in [3.8, 4) is 5.75 Å². The van der Waals surface area contributed by atoms with E-state index in [4.69, 9.17) is 0 Å². The van der Waals surface area contributed by atoms with Gasteiger partial charge in [-0.3, -0.25) is 0 Å². The van der Waals surface area contributed by atoms with Crippen molar-refractivity contribution in [2.75, 3.05) is 11.4 Å². The van der Waals surface area contributed by atoms with Crippen LogP contribution in [0.5, 0.6) is 5.75 Å². The van der Waals surface area contributed by atoms with Gasteiger partial charge in [-0.2, -0.15) is 39.5 Å². The van der Waals surface area contributed by atoms with Crippen molar-refractivity contribution in [2.24, 2.45) is 0 Å². The number of rotatable bonds is 7. The van der Waals surface area contributed by atoms with Crippen LogP contribution < -0.4 is 9.64 Å². The van der Waals surface area contributed by atoms with Gasteiger partial charge >= 0.3 is 18.5 Å².